The Morgan fingerprint density at radius 3 is 2.44 bits per heavy atom. The van der Waals surface area contributed by atoms with Gasteiger partial charge in [-0.05, 0) is 18.6 Å². The summed E-state index contributed by atoms with van der Waals surface area (Å²) in [5.41, 5.74) is 0.750. The Labute approximate surface area is 94.2 Å². The highest BCUT2D eigenvalue weighted by Crippen LogP contribution is 2.24. The van der Waals surface area contributed by atoms with Crippen LogP contribution in [0.15, 0.2) is 24.3 Å². The molecule has 1 aromatic carbocycles. The van der Waals surface area contributed by atoms with E-state index in [1.807, 2.05) is 0 Å². The first-order valence-electron chi connectivity index (χ1n) is 4.61. The van der Waals surface area contributed by atoms with E-state index in [1.54, 1.807) is 18.2 Å². The average molecular weight is 243 g/mol. The minimum Gasteiger partial charge on any atom is -0.481 e. The van der Waals surface area contributed by atoms with Crippen molar-refractivity contribution in [2.24, 2.45) is 0 Å². The van der Waals surface area contributed by atoms with Gasteiger partial charge in [0.2, 0.25) is 10.0 Å². The summed E-state index contributed by atoms with van der Waals surface area (Å²) in [5, 5.41) is 8.88. The van der Waals surface area contributed by atoms with E-state index in [0.29, 0.717) is 11.3 Å². The van der Waals surface area contributed by atoms with Gasteiger partial charge in [-0.15, -0.1) is 0 Å². The zero-order valence-corrected chi connectivity index (χ0v) is 9.78. The molecule has 1 atom stereocenters. The number of aliphatic carboxylic acids is 1. The summed E-state index contributed by atoms with van der Waals surface area (Å²) in [6.07, 6.45) is 1.02. The number of para-hydroxylation sites is 1. The smallest absolute Gasteiger partial charge is 0.310 e. The SMILES string of the molecule is C[C@@H](C(=O)O)c1ccccc1NS(C)(=O)=O. The monoisotopic (exact) mass is 243 g/mol. The fourth-order valence-electron chi connectivity index (χ4n) is 1.30. The van der Waals surface area contributed by atoms with Crippen LogP contribution in [0.1, 0.15) is 18.4 Å². The van der Waals surface area contributed by atoms with Crippen LogP contribution in [0.5, 0.6) is 0 Å². The molecular formula is C10H13NO4S. The Bertz CT molecular complexity index is 495. The number of benzene rings is 1. The van der Waals surface area contributed by atoms with E-state index in [0.717, 1.165) is 6.26 Å². The second-order valence-corrected chi connectivity index (χ2v) is 5.27. The minimum atomic E-state index is -3.40. The van der Waals surface area contributed by atoms with E-state index in [1.165, 1.54) is 13.0 Å². The van der Waals surface area contributed by atoms with Crippen LogP contribution in [0.4, 0.5) is 5.69 Å². The topological polar surface area (TPSA) is 83.5 Å². The molecule has 0 aromatic heterocycles. The summed E-state index contributed by atoms with van der Waals surface area (Å²) in [7, 11) is -3.40. The highest BCUT2D eigenvalue weighted by molar-refractivity contribution is 7.92. The maximum absolute atomic E-state index is 11.1. The van der Waals surface area contributed by atoms with Crippen molar-refractivity contribution in [2.45, 2.75) is 12.8 Å². The predicted molar refractivity (Wildman–Crippen MR) is 61.0 cm³/mol. The van der Waals surface area contributed by atoms with E-state index in [4.69, 9.17) is 5.11 Å². The lowest BCUT2D eigenvalue weighted by Gasteiger charge is -2.13. The van der Waals surface area contributed by atoms with Gasteiger partial charge >= 0.3 is 5.97 Å². The van der Waals surface area contributed by atoms with Crippen LogP contribution in [0.3, 0.4) is 0 Å². The van der Waals surface area contributed by atoms with Gasteiger partial charge in [-0.25, -0.2) is 8.42 Å². The molecule has 0 aliphatic rings. The normalized spacial score (nSPS) is 13.1. The Morgan fingerprint density at radius 2 is 1.94 bits per heavy atom. The third-order valence-corrected chi connectivity index (χ3v) is 2.68. The van der Waals surface area contributed by atoms with Crippen LogP contribution in [0.2, 0.25) is 0 Å². The molecule has 0 aliphatic carbocycles. The molecule has 0 amide bonds. The molecule has 0 spiro atoms. The molecule has 2 N–H and O–H groups in total. The predicted octanol–water partition coefficient (Wildman–Crippen LogP) is 1.25. The van der Waals surface area contributed by atoms with Crippen molar-refractivity contribution in [2.75, 3.05) is 11.0 Å². The van der Waals surface area contributed by atoms with Gasteiger partial charge in [0.05, 0.1) is 17.9 Å². The van der Waals surface area contributed by atoms with E-state index in [2.05, 4.69) is 4.72 Å². The standard InChI is InChI=1S/C10H13NO4S/c1-7(10(12)13)8-5-3-4-6-9(8)11-16(2,14)15/h3-7,11H,1-2H3,(H,12,13)/t7-/m1/s1. The number of rotatable bonds is 4. The maximum atomic E-state index is 11.1. The fraction of sp³-hybridized carbons (Fsp3) is 0.300. The van der Waals surface area contributed by atoms with E-state index in [9.17, 15) is 13.2 Å². The summed E-state index contributed by atoms with van der Waals surface area (Å²) in [6.45, 7) is 1.51. The number of sulfonamides is 1. The summed E-state index contributed by atoms with van der Waals surface area (Å²) in [6, 6.07) is 6.44. The van der Waals surface area contributed by atoms with Crippen molar-refractivity contribution in [3.8, 4) is 0 Å². The molecule has 0 saturated carbocycles. The molecule has 88 valence electrons. The van der Waals surface area contributed by atoms with Crippen LogP contribution in [0.25, 0.3) is 0 Å². The Morgan fingerprint density at radius 1 is 1.38 bits per heavy atom. The van der Waals surface area contributed by atoms with Crippen molar-refractivity contribution in [3.63, 3.8) is 0 Å². The molecule has 0 saturated heterocycles. The second kappa shape index (κ2) is 4.52. The average Bonchev–Trinajstić information content (AvgIpc) is 2.15. The summed E-state index contributed by atoms with van der Waals surface area (Å²) in [4.78, 5) is 10.8. The van der Waals surface area contributed by atoms with Crippen LogP contribution in [-0.2, 0) is 14.8 Å². The van der Waals surface area contributed by atoms with E-state index >= 15 is 0 Å². The molecule has 0 bridgehead atoms. The van der Waals surface area contributed by atoms with Crippen molar-refractivity contribution < 1.29 is 18.3 Å². The Hall–Kier alpha value is -1.56. The molecule has 16 heavy (non-hydrogen) atoms. The molecule has 0 aliphatic heterocycles. The van der Waals surface area contributed by atoms with Crippen molar-refractivity contribution in [1.29, 1.82) is 0 Å². The zero-order valence-electron chi connectivity index (χ0n) is 8.97. The highest BCUT2D eigenvalue weighted by Gasteiger charge is 2.18. The lowest BCUT2D eigenvalue weighted by atomic mass is 10.00. The lowest BCUT2D eigenvalue weighted by molar-refractivity contribution is -0.138. The van der Waals surface area contributed by atoms with Crippen molar-refractivity contribution >= 4 is 21.7 Å². The van der Waals surface area contributed by atoms with Gasteiger partial charge in [0.1, 0.15) is 0 Å². The molecule has 0 fully saturated rings. The molecule has 6 heteroatoms. The van der Waals surface area contributed by atoms with Gasteiger partial charge in [-0.2, -0.15) is 0 Å². The van der Waals surface area contributed by atoms with Crippen LogP contribution >= 0.6 is 0 Å². The van der Waals surface area contributed by atoms with Gasteiger partial charge in [0.25, 0.3) is 0 Å². The molecule has 1 aromatic rings. The van der Waals surface area contributed by atoms with E-state index < -0.39 is 21.9 Å². The van der Waals surface area contributed by atoms with Gasteiger partial charge in [-0.3, -0.25) is 9.52 Å². The van der Waals surface area contributed by atoms with Crippen molar-refractivity contribution in [3.05, 3.63) is 29.8 Å². The first-order valence-corrected chi connectivity index (χ1v) is 6.50. The maximum Gasteiger partial charge on any atom is 0.310 e. The highest BCUT2D eigenvalue weighted by atomic mass is 32.2. The largest absolute Gasteiger partial charge is 0.481 e. The fourth-order valence-corrected chi connectivity index (χ4v) is 1.89. The Balaban J connectivity index is 3.15. The number of carboxylic acid groups (broad SMARTS) is 1. The van der Waals surface area contributed by atoms with Gasteiger partial charge < -0.3 is 5.11 Å². The zero-order chi connectivity index (χ0) is 12.3. The summed E-state index contributed by atoms with van der Waals surface area (Å²) >= 11 is 0. The molecule has 0 unspecified atom stereocenters. The number of carbonyl (C=O) groups is 1. The van der Waals surface area contributed by atoms with Crippen LogP contribution < -0.4 is 4.72 Å². The number of nitrogens with one attached hydrogen (secondary N) is 1. The first kappa shape index (κ1) is 12.5. The van der Waals surface area contributed by atoms with Gasteiger partial charge in [0.15, 0.2) is 0 Å². The molecule has 0 radical (unpaired) electrons. The quantitative estimate of drug-likeness (QED) is 0.833. The Kier molecular flexibility index (Phi) is 3.54. The minimum absolute atomic E-state index is 0.305. The van der Waals surface area contributed by atoms with Crippen LogP contribution in [0, 0.1) is 0 Å². The molecule has 1 rings (SSSR count). The van der Waals surface area contributed by atoms with E-state index in [-0.39, 0.29) is 0 Å². The number of hydrogen-bond acceptors (Lipinski definition) is 3. The first-order chi connectivity index (χ1) is 7.31. The van der Waals surface area contributed by atoms with Crippen LogP contribution in [-0.4, -0.2) is 25.7 Å². The number of anilines is 1. The molecule has 5 nitrogen and oxygen atoms in total. The van der Waals surface area contributed by atoms with Crippen molar-refractivity contribution in [1.82, 2.24) is 0 Å². The van der Waals surface area contributed by atoms with Gasteiger partial charge in [0, 0.05) is 0 Å². The second-order valence-electron chi connectivity index (χ2n) is 3.52. The lowest BCUT2D eigenvalue weighted by Crippen LogP contribution is -2.14. The summed E-state index contributed by atoms with van der Waals surface area (Å²) in [5.74, 6) is -1.76. The number of carboxylic acids is 1. The summed E-state index contributed by atoms with van der Waals surface area (Å²) < 4.78 is 24.5. The van der Waals surface area contributed by atoms with Gasteiger partial charge in [-0.1, -0.05) is 18.2 Å². The third-order valence-electron chi connectivity index (χ3n) is 2.09. The number of hydrogen-bond donors (Lipinski definition) is 2. The third kappa shape index (κ3) is 3.23. The molecular weight excluding hydrogens is 230 g/mol. The molecule has 0 heterocycles.